The molecule has 0 atom stereocenters. The Morgan fingerprint density at radius 2 is 1.91 bits per heavy atom. The Morgan fingerprint density at radius 3 is 2.52 bits per heavy atom. The van der Waals surface area contributed by atoms with E-state index in [2.05, 4.69) is 9.17 Å². The van der Waals surface area contributed by atoms with Crippen LogP contribution in [0.3, 0.4) is 0 Å². The lowest BCUT2D eigenvalue weighted by molar-refractivity contribution is -0.0499. The Balaban J connectivity index is 2.60. The number of fused-ring (bicyclic) bond motifs is 1. The van der Waals surface area contributed by atoms with Gasteiger partial charge in [-0.3, -0.25) is 0 Å². The molecule has 0 spiro atoms. The van der Waals surface area contributed by atoms with E-state index in [0.29, 0.717) is 0 Å². The SMILES string of the molecule is CCOC(=O)c1cc(OS(=O)(=O)C(F)(F)F)c2ccccc2n1. The molecule has 1 aromatic heterocycles. The van der Waals surface area contributed by atoms with Crippen LogP contribution in [0.2, 0.25) is 0 Å². The number of aromatic nitrogens is 1. The van der Waals surface area contributed by atoms with Gasteiger partial charge in [0.15, 0.2) is 11.4 Å². The van der Waals surface area contributed by atoms with Gasteiger partial charge in [-0.15, -0.1) is 0 Å². The number of rotatable bonds is 4. The molecule has 0 aliphatic carbocycles. The Hall–Kier alpha value is -2.36. The maximum Gasteiger partial charge on any atom is 0.534 e. The standard InChI is InChI=1S/C13H10F3NO5S/c1-2-21-12(18)10-7-11(22-23(19,20)13(14,15)16)8-5-3-4-6-9(8)17-10/h3-7H,2H2,1H3. The molecule has 0 unspecified atom stereocenters. The number of para-hydroxylation sites is 1. The van der Waals surface area contributed by atoms with Crippen molar-refractivity contribution in [2.24, 2.45) is 0 Å². The summed E-state index contributed by atoms with van der Waals surface area (Å²) in [6.07, 6.45) is 0. The van der Waals surface area contributed by atoms with Gasteiger partial charge in [-0.2, -0.15) is 21.6 Å². The zero-order valence-corrected chi connectivity index (χ0v) is 12.4. The first-order valence-corrected chi connectivity index (χ1v) is 7.64. The first-order chi connectivity index (χ1) is 10.7. The zero-order valence-electron chi connectivity index (χ0n) is 11.6. The van der Waals surface area contributed by atoms with Crippen molar-refractivity contribution in [3.05, 3.63) is 36.0 Å². The van der Waals surface area contributed by atoms with Crippen LogP contribution in [0.25, 0.3) is 10.9 Å². The van der Waals surface area contributed by atoms with Crippen LogP contribution in [-0.4, -0.2) is 31.5 Å². The lowest BCUT2D eigenvalue weighted by Crippen LogP contribution is -2.28. The molecule has 0 bridgehead atoms. The molecule has 1 aromatic carbocycles. The van der Waals surface area contributed by atoms with E-state index in [9.17, 15) is 26.4 Å². The largest absolute Gasteiger partial charge is 0.534 e. The van der Waals surface area contributed by atoms with E-state index in [1.807, 2.05) is 0 Å². The van der Waals surface area contributed by atoms with Crippen LogP contribution in [-0.2, 0) is 14.9 Å². The summed E-state index contributed by atoms with van der Waals surface area (Å²) < 4.78 is 68.7. The lowest BCUT2D eigenvalue weighted by Gasteiger charge is -2.12. The highest BCUT2D eigenvalue weighted by Gasteiger charge is 2.48. The van der Waals surface area contributed by atoms with Crippen molar-refractivity contribution in [3.8, 4) is 5.75 Å². The van der Waals surface area contributed by atoms with E-state index in [4.69, 9.17) is 4.74 Å². The maximum atomic E-state index is 12.5. The quantitative estimate of drug-likeness (QED) is 0.479. The monoisotopic (exact) mass is 349 g/mol. The molecule has 0 fully saturated rings. The minimum Gasteiger partial charge on any atom is -0.461 e. The molecule has 2 rings (SSSR count). The van der Waals surface area contributed by atoms with Gasteiger partial charge in [0, 0.05) is 11.5 Å². The molecule has 2 aromatic rings. The van der Waals surface area contributed by atoms with Crippen LogP contribution < -0.4 is 4.18 Å². The second-order valence-electron chi connectivity index (χ2n) is 4.23. The molecule has 0 N–H and O–H groups in total. The third-order valence-electron chi connectivity index (χ3n) is 2.65. The maximum absolute atomic E-state index is 12.5. The minimum atomic E-state index is -5.88. The van der Waals surface area contributed by atoms with Crippen molar-refractivity contribution in [2.45, 2.75) is 12.4 Å². The van der Waals surface area contributed by atoms with Crippen LogP contribution in [0.4, 0.5) is 13.2 Å². The number of carbonyl (C=O) groups is 1. The number of halogens is 3. The predicted octanol–water partition coefficient (Wildman–Crippen LogP) is 2.64. The van der Waals surface area contributed by atoms with Crippen molar-refractivity contribution < 1.29 is 35.3 Å². The number of alkyl halides is 3. The first kappa shape index (κ1) is 17.0. The summed E-state index contributed by atoms with van der Waals surface area (Å²) in [5, 5.41) is 0.00775. The molecular weight excluding hydrogens is 339 g/mol. The van der Waals surface area contributed by atoms with Crippen molar-refractivity contribution in [1.29, 1.82) is 0 Å². The van der Waals surface area contributed by atoms with Gasteiger partial charge < -0.3 is 8.92 Å². The fourth-order valence-electron chi connectivity index (χ4n) is 1.69. The molecule has 10 heteroatoms. The Labute approximate surface area is 129 Å². The van der Waals surface area contributed by atoms with E-state index in [1.165, 1.54) is 31.2 Å². The lowest BCUT2D eigenvalue weighted by atomic mass is 10.2. The number of ether oxygens (including phenoxy) is 1. The fraction of sp³-hybridized carbons (Fsp3) is 0.231. The van der Waals surface area contributed by atoms with Gasteiger partial charge in [0.1, 0.15) is 0 Å². The molecule has 124 valence electrons. The summed E-state index contributed by atoms with van der Waals surface area (Å²) in [7, 11) is -5.88. The van der Waals surface area contributed by atoms with Crippen LogP contribution in [0.15, 0.2) is 30.3 Å². The molecule has 23 heavy (non-hydrogen) atoms. The Morgan fingerprint density at radius 1 is 1.26 bits per heavy atom. The molecule has 6 nitrogen and oxygen atoms in total. The van der Waals surface area contributed by atoms with Gasteiger partial charge in [-0.1, -0.05) is 12.1 Å². The number of esters is 1. The molecule has 0 radical (unpaired) electrons. The zero-order chi connectivity index (χ0) is 17.3. The molecule has 0 amide bonds. The highest BCUT2D eigenvalue weighted by molar-refractivity contribution is 7.88. The number of hydrogen-bond acceptors (Lipinski definition) is 6. The molecule has 0 saturated heterocycles. The van der Waals surface area contributed by atoms with Crippen molar-refractivity contribution in [2.75, 3.05) is 6.61 Å². The number of carbonyl (C=O) groups excluding carboxylic acids is 1. The van der Waals surface area contributed by atoms with Gasteiger partial charge in [0.05, 0.1) is 12.1 Å². The highest BCUT2D eigenvalue weighted by Crippen LogP contribution is 2.31. The summed E-state index contributed by atoms with van der Waals surface area (Å²) >= 11 is 0. The van der Waals surface area contributed by atoms with Crippen LogP contribution in [0.1, 0.15) is 17.4 Å². The van der Waals surface area contributed by atoms with E-state index in [1.54, 1.807) is 0 Å². The summed E-state index contributed by atoms with van der Waals surface area (Å²) in [6.45, 7) is 1.55. The van der Waals surface area contributed by atoms with Crippen LogP contribution >= 0.6 is 0 Å². The second kappa shape index (κ2) is 6.03. The average Bonchev–Trinajstić information content (AvgIpc) is 2.46. The van der Waals surface area contributed by atoms with Crippen molar-refractivity contribution in [3.63, 3.8) is 0 Å². The minimum absolute atomic E-state index is 0.00775. The Bertz CT molecular complexity index is 848. The van der Waals surface area contributed by atoms with Gasteiger partial charge in [-0.25, -0.2) is 9.78 Å². The normalized spacial score (nSPS) is 12.2. The number of hydrogen-bond donors (Lipinski definition) is 0. The third kappa shape index (κ3) is 3.52. The van der Waals surface area contributed by atoms with Gasteiger partial charge in [-0.05, 0) is 19.1 Å². The molecular formula is C13H10F3NO5S. The molecule has 1 heterocycles. The Kier molecular flexibility index (Phi) is 4.46. The third-order valence-corrected chi connectivity index (χ3v) is 3.61. The second-order valence-corrected chi connectivity index (χ2v) is 5.76. The predicted molar refractivity (Wildman–Crippen MR) is 73.3 cm³/mol. The average molecular weight is 349 g/mol. The van der Waals surface area contributed by atoms with Gasteiger partial charge >= 0.3 is 21.6 Å². The number of benzene rings is 1. The smallest absolute Gasteiger partial charge is 0.461 e. The van der Waals surface area contributed by atoms with E-state index in [-0.39, 0.29) is 23.2 Å². The van der Waals surface area contributed by atoms with E-state index < -0.39 is 27.3 Å². The summed E-state index contributed by atoms with van der Waals surface area (Å²) in [5.41, 5.74) is -5.87. The fourth-order valence-corrected chi connectivity index (χ4v) is 2.16. The summed E-state index contributed by atoms with van der Waals surface area (Å²) in [4.78, 5) is 15.6. The molecule has 0 aliphatic rings. The molecule has 0 saturated carbocycles. The number of pyridine rings is 1. The van der Waals surface area contributed by atoms with E-state index in [0.717, 1.165) is 6.07 Å². The van der Waals surface area contributed by atoms with Gasteiger partial charge in [0.25, 0.3) is 0 Å². The van der Waals surface area contributed by atoms with Crippen LogP contribution in [0, 0.1) is 0 Å². The van der Waals surface area contributed by atoms with Crippen molar-refractivity contribution in [1.82, 2.24) is 4.98 Å². The number of nitrogens with zero attached hydrogens (tertiary/aromatic N) is 1. The molecule has 0 aliphatic heterocycles. The van der Waals surface area contributed by atoms with Gasteiger partial charge in [0.2, 0.25) is 0 Å². The van der Waals surface area contributed by atoms with E-state index >= 15 is 0 Å². The topological polar surface area (TPSA) is 82.6 Å². The van der Waals surface area contributed by atoms with Crippen molar-refractivity contribution >= 4 is 27.0 Å². The van der Waals surface area contributed by atoms with Crippen LogP contribution in [0.5, 0.6) is 5.75 Å². The summed E-state index contributed by atoms with van der Waals surface area (Å²) in [6, 6.07) is 6.49. The first-order valence-electron chi connectivity index (χ1n) is 6.23. The highest BCUT2D eigenvalue weighted by atomic mass is 32.2. The summed E-state index contributed by atoms with van der Waals surface area (Å²) in [5.74, 6) is -1.57.